The minimum absolute atomic E-state index is 0.154. The minimum Gasteiger partial charge on any atom is -0.356 e. The number of halogens is 1. The number of nitrogens with zero attached hydrogens (tertiary/aromatic N) is 2. The van der Waals surface area contributed by atoms with Gasteiger partial charge in [0.1, 0.15) is 6.04 Å². The van der Waals surface area contributed by atoms with E-state index in [2.05, 4.69) is 33.5 Å². The number of H-pyrrole nitrogens is 1. The summed E-state index contributed by atoms with van der Waals surface area (Å²) >= 11 is 6.24. The predicted octanol–water partition coefficient (Wildman–Crippen LogP) is 5.70. The first-order valence-corrected chi connectivity index (χ1v) is 10.3. The second kappa shape index (κ2) is 7.50. The first kappa shape index (κ1) is 18.7. The van der Waals surface area contributed by atoms with E-state index in [9.17, 15) is 4.79 Å². The molecule has 2 aromatic heterocycles. The summed E-state index contributed by atoms with van der Waals surface area (Å²) in [4.78, 5) is 23.1. The van der Waals surface area contributed by atoms with Crippen molar-refractivity contribution in [2.75, 3.05) is 11.9 Å². The first-order valence-electron chi connectivity index (χ1n) is 9.95. The summed E-state index contributed by atoms with van der Waals surface area (Å²) < 4.78 is 0. The van der Waals surface area contributed by atoms with Crippen LogP contribution in [-0.4, -0.2) is 27.4 Å². The lowest BCUT2D eigenvalue weighted by Gasteiger charge is -2.36. The molecule has 0 radical (unpaired) electrons. The molecule has 2 N–H and O–H groups in total. The number of benzene rings is 2. The van der Waals surface area contributed by atoms with Crippen LogP contribution in [0.4, 0.5) is 10.5 Å². The van der Waals surface area contributed by atoms with Crippen LogP contribution in [0, 0.1) is 6.92 Å². The van der Waals surface area contributed by atoms with E-state index in [1.807, 2.05) is 54.4 Å². The van der Waals surface area contributed by atoms with Crippen molar-refractivity contribution in [3.8, 4) is 0 Å². The number of anilines is 1. The fourth-order valence-electron chi connectivity index (χ4n) is 4.27. The maximum absolute atomic E-state index is 13.4. The van der Waals surface area contributed by atoms with E-state index in [0.717, 1.165) is 34.4 Å². The molecule has 2 aromatic carbocycles. The van der Waals surface area contributed by atoms with E-state index in [-0.39, 0.29) is 12.1 Å². The van der Waals surface area contributed by atoms with Crippen molar-refractivity contribution < 1.29 is 4.79 Å². The van der Waals surface area contributed by atoms with Gasteiger partial charge in [-0.1, -0.05) is 41.9 Å². The number of para-hydroxylation sites is 1. The van der Waals surface area contributed by atoms with Gasteiger partial charge in [-0.2, -0.15) is 0 Å². The van der Waals surface area contributed by atoms with E-state index in [0.29, 0.717) is 11.6 Å². The molecule has 1 aliphatic heterocycles. The molecule has 2 amide bonds. The molecule has 0 saturated carbocycles. The predicted molar refractivity (Wildman–Crippen MR) is 120 cm³/mol. The van der Waals surface area contributed by atoms with E-state index in [1.54, 1.807) is 6.20 Å². The fourth-order valence-corrected chi connectivity index (χ4v) is 4.45. The Morgan fingerprint density at radius 2 is 2.03 bits per heavy atom. The number of carbonyl (C=O) groups excluding carboxylic acids is 1. The van der Waals surface area contributed by atoms with Crippen LogP contribution in [0.2, 0.25) is 5.02 Å². The Labute approximate surface area is 179 Å². The third-order valence-corrected chi connectivity index (χ3v) is 6.21. The summed E-state index contributed by atoms with van der Waals surface area (Å²) in [6, 6.07) is 17.4. The lowest BCUT2D eigenvalue weighted by atomic mass is 9.93. The molecule has 4 aromatic rings. The fraction of sp³-hybridized carbons (Fsp3) is 0.167. The number of fused-ring (bicyclic) bond motifs is 3. The SMILES string of the molecule is Cc1c(Cl)cccc1NC(=O)N1CCc2c([nH]c3ccccc23)[C@H]1c1cccnc1. The van der Waals surface area contributed by atoms with E-state index < -0.39 is 0 Å². The molecule has 5 rings (SSSR count). The lowest BCUT2D eigenvalue weighted by molar-refractivity contribution is 0.193. The molecule has 0 fully saturated rings. The smallest absolute Gasteiger partial charge is 0.322 e. The number of nitrogens with one attached hydrogen (secondary N) is 2. The van der Waals surface area contributed by atoms with E-state index in [1.165, 1.54) is 10.9 Å². The summed E-state index contributed by atoms with van der Waals surface area (Å²) in [5.41, 5.74) is 5.96. The molecule has 6 heteroatoms. The van der Waals surface area contributed by atoms with Crippen LogP contribution in [0.15, 0.2) is 67.0 Å². The molecule has 0 bridgehead atoms. The average Bonchev–Trinajstić information content (AvgIpc) is 3.15. The molecule has 0 unspecified atom stereocenters. The van der Waals surface area contributed by atoms with Crippen LogP contribution in [-0.2, 0) is 6.42 Å². The van der Waals surface area contributed by atoms with Crippen LogP contribution in [0.25, 0.3) is 10.9 Å². The molecule has 150 valence electrons. The molecule has 5 nitrogen and oxygen atoms in total. The number of amides is 2. The van der Waals surface area contributed by atoms with Crippen LogP contribution < -0.4 is 5.32 Å². The third-order valence-electron chi connectivity index (χ3n) is 5.80. The van der Waals surface area contributed by atoms with E-state index >= 15 is 0 Å². The number of carbonyl (C=O) groups is 1. The van der Waals surface area contributed by atoms with Gasteiger partial charge in [-0.05, 0) is 54.3 Å². The Morgan fingerprint density at radius 1 is 1.17 bits per heavy atom. The Morgan fingerprint density at radius 3 is 2.87 bits per heavy atom. The third kappa shape index (κ3) is 3.12. The minimum atomic E-state index is -0.241. The second-order valence-corrected chi connectivity index (χ2v) is 7.94. The number of pyridine rings is 1. The van der Waals surface area contributed by atoms with Gasteiger partial charge in [-0.15, -0.1) is 0 Å². The van der Waals surface area contributed by atoms with Gasteiger partial charge in [0, 0.05) is 46.2 Å². The van der Waals surface area contributed by atoms with E-state index in [4.69, 9.17) is 11.6 Å². The van der Waals surface area contributed by atoms with Gasteiger partial charge in [0.15, 0.2) is 0 Å². The summed E-state index contributed by atoms with van der Waals surface area (Å²) in [5.74, 6) is 0. The van der Waals surface area contributed by atoms with Crippen LogP contribution in [0.5, 0.6) is 0 Å². The molecule has 1 aliphatic rings. The van der Waals surface area contributed by atoms with Crippen LogP contribution in [0.3, 0.4) is 0 Å². The number of urea groups is 1. The normalized spacial score (nSPS) is 15.8. The highest BCUT2D eigenvalue weighted by Crippen LogP contribution is 2.38. The number of aromatic amines is 1. The molecule has 30 heavy (non-hydrogen) atoms. The maximum Gasteiger partial charge on any atom is 0.322 e. The van der Waals surface area contributed by atoms with Gasteiger partial charge < -0.3 is 15.2 Å². The van der Waals surface area contributed by atoms with Crippen molar-refractivity contribution in [3.05, 3.63) is 94.4 Å². The quantitative estimate of drug-likeness (QED) is 0.440. The Kier molecular flexibility index (Phi) is 4.68. The number of aromatic nitrogens is 2. The molecular weight excluding hydrogens is 396 g/mol. The van der Waals surface area contributed by atoms with Crippen molar-refractivity contribution in [2.24, 2.45) is 0 Å². The van der Waals surface area contributed by atoms with Crippen molar-refractivity contribution in [1.29, 1.82) is 0 Å². The monoisotopic (exact) mass is 416 g/mol. The summed E-state index contributed by atoms with van der Waals surface area (Å²) in [7, 11) is 0. The zero-order valence-corrected chi connectivity index (χ0v) is 17.3. The van der Waals surface area contributed by atoms with Gasteiger partial charge in [-0.3, -0.25) is 4.98 Å². The first-order chi connectivity index (χ1) is 14.6. The standard InChI is InChI=1S/C24H21ClN4O/c1-15-19(25)8-4-10-20(15)28-24(30)29-13-11-18-17-7-2-3-9-21(17)27-22(18)23(29)16-6-5-12-26-14-16/h2-10,12,14,23,27H,11,13H2,1H3,(H,28,30)/t23-/m1/s1. The van der Waals surface area contributed by atoms with Crippen molar-refractivity contribution in [3.63, 3.8) is 0 Å². The lowest BCUT2D eigenvalue weighted by Crippen LogP contribution is -2.43. The molecule has 3 heterocycles. The molecular formula is C24H21ClN4O. The van der Waals surface area contributed by atoms with Gasteiger partial charge in [-0.25, -0.2) is 4.79 Å². The molecule has 0 saturated heterocycles. The Bertz CT molecular complexity index is 1230. The highest BCUT2D eigenvalue weighted by atomic mass is 35.5. The van der Waals surface area contributed by atoms with Crippen LogP contribution in [0.1, 0.15) is 28.4 Å². The van der Waals surface area contributed by atoms with Crippen LogP contribution >= 0.6 is 11.6 Å². The van der Waals surface area contributed by atoms with Crippen molar-refractivity contribution in [1.82, 2.24) is 14.9 Å². The summed E-state index contributed by atoms with van der Waals surface area (Å²) in [6.45, 7) is 2.52. The van der Waals surface area contributed by atoms with Gasteiger partial charge in [0.05, 0.1) is 0 Å². The van der Waals surface area contributed by atoms with Crippen molar-refractivity contribution >= 4 is 34.2 Å². The number of hydrogen-bond donors (Lipinski definition) is 2. The molecule has 1 atom stereocenters. The Hall–Kier alpha value is -3.31. The second-order valence-electron chi connectivity index (χ2n) is 7.54. The Balaban J connectivity index is 1.57. The zero-order valence-electron chi connectivity index (χ0n) is 16.5. The molecule has 0 aliphatic carbocycles. The number of rotatable bonds is 2. The average molecular weight is 417 g/mol. The largest absolute Gasteiger partial charge is 0.356 e. The van der Waals surface area contributed by atoms with Gasteiger partial charge >= 0.3 is 6.03 Å². The molecule has 0 spiro atoms. The van der Waals surface area contributed by atoms with Gasteiger partial charge in [0.25, 0.3) is 0 Å². The summed E-state index contributed by atoms with van der Waals surface area (Å²) in [6.07, 6.45) is 4.37. The zero-order chi connectivity index (χ0) is 20.7. The van der Waals surface area contributed by atoms with Gasteiger partial charge in [0.2, 0.25) is 0 Å². The highest BCUT2D eigenvalue weighted by molar-refractivity contribution is 6.31. The number of hydrogen-bond acceptors (Lipinski definition) is 2. The topological polar surface area (TPSA) is 61.0 Å². The summed E-state index contributed by atoms with van der Waals surface area (Å²) in [5, 5.41) is 4.90. The maximum atomic E-state index is 13.4. The highest BCUT2D eigenvalue weighted by Gasteiger charge is 2.34. The van der Waals surface area contributed by atoms with Crippen molar-refractivity contribution in [2.45, 2.75) is 19.4 Å².